The molecule has 1 fully saturated rings. The first-order chi connectivity index (χ1) is 10.4. The highest BCUT2D eigenvalue weighted by atomic mass is 15.2. The molecule has 21 heavy (non-hydrogen) atoms. The van der Waals surface area contributed by atoms with Crippen molar-refractivity contribution < 1.29 is 0 Å². The lowest BCUT2D eigenvalue weighted by atomic mass is 9.98. The molecular weight excluding hydrogens is 260 g/mol. The Morgan fingerprint density at radius 3 is 2.95 bits per heavy atom. The van der Waals surface area contributed by atoms with Gasteiger partial charge in [-0.2, -0.15) is 0 Å². The Labute approximate surface area is 126 Å². The second-order valence-electron chi connectivity index (χ2n) is 5.85. The van der Waals surface area contributed by atoms with Crippen LogP contribution >= 0.6 is 0 Å². The average Bonchev–Trinajstić information content (AvgIpc) is 2.97. The number of para-hydroxylation sites is 1. The third kappa shape index (κ3) is 3.52. The van der Waals surface area contributed by atoms with Crippen LogP contribution in [0.4, 0.5) is 0 Å². The minimum Gasteiger partial charge on any atom is -0.319 e. The summed E-state index contributed by atoms with van der Waals surface area (Å²) < 4.78 is 2.20. The number of hydrogen-bond donors (Lipinski definition) is 1. The van der Waals surface area contributed by atoms with Crippen molar-refractivity contribution in [1.82, 2.24) is 19.8 Å². The monoisotopic (exact) mass is 284 g/mol. The Balaban J connectivity index is 1.70. The highest BCUT2D eigenvalue weighted by Crippen LogP contribution is 2.19. The van der Waals surface area contributed by atoms with E-state index in [1.165, 1.54) is 31.6 Å². The van der Waals surface area contributed by atoms with Crippen LogP contribution in [0, 0.1) is 5.92 Å². The quantitative estimate of drug-likeness (QED) is 0.914. The normalized spacial score (nSPS) is 19.8. The average molecular weight is 284 g/mol. The number of rotatable bonds is 5. The molecule has 2 heterocycles. The lowest BCUT2D eigenvalue weighted by molar-refractivity contribution is 0.163. The predicted molar refractivity (Wildman–Crippen MR) is 85.5 cm³/mol. The van der Waals surface area contributed by atoms with E-state index in [2.05, 4.69) is 50.2 Å². The Hall–Kier alpha value is -1.65. The fourth-order valence-electron chi connectivity index (χ4n) is 3.23. The van der Waals surface area contributed by atoms with Gasteiger partial charge in [-0.3, -0.25) is 4.90 Å². The zero-order valence-corrected chi connectivity index (χ0v) is 12.7. The number of benzene rings is 1. The molecule has 0 saturated carbocycles. The number of aromatic nitrogens is 2. The molecule has 1 aliphatic heterocycles. The van der Waals surface area contributed by atoms with E-state index in [1.54, 1.807) is 0 Å². The van der Waals surface area contributed by atoms with Crippen LogP contribution in [0.5, 0.6) is 0 Å². The third-order valence-corrected chi connectivity index (χ3v) is 4.21. The summed E-state index contributed by atoms with van der Waals surface area (Å²) in [6.07, 6.45) is 6.58. The Kier molecular flexibility index (Phi) is 4.68. The number of nitrogens with zero attached hydrogens (tertiary/aromatic N) is 3. The SMILES string of the molecule is CNCC1CCCN(Cc2nccn2-c2ccccc2)C1. The highest BCUT2D eigenvalue weighted by Gasteiger charge is 2.20. The van der Waals surface area contributed by atoms with Crippen LogP contribution in [0.25, 0.3) is 5.69 Å². The zero-order chi connectivity index (χ0) is 14.5. The molecule has 0 radical (unpaired) electrons. The number of piperidine rings is 1. The topological polar surface area (TPSA) is 33.1 Å². The van der Waals surface area contributed by atoms with E-state index >= 15 is 0 Å². The molecule has 1 aliphatic rings. The molecule has 0 spiro atoms. The summed E-state index contributed by atoms with van der Waals surface area (Å²) in [4.78, 5) is 7.10. The van der Waals surface area contributed by atoms with E-state index < -0.39 is 0 Å². The predicted octanol–water partition coefficient (Wildman–Crippen LogP) is 2.30. The van der Waals surface area contributed by atoms with Gasteiger partial charge in [0.05, 0.1) is 6.54 Å². The van der Waals surface area contributed by atoms with Gasteiger partial charge in [-0.1, -0.05) is 18.2 Å². The van der Waals surface area contributed by atoms with Crippen LogP contribution in [0.2, 0.25) is 0 Å². The van der Waals surface area contributed by atoms with E-state index in [0.717, 1.165) is 24.8 Å². The molecule has 0 amide bonds. The maximum atomic E-state index is 4.56. The van der Waals surface area contributed by atoms with Gasteiger partial charge in [0.1, 0.15) is 5.82 Å². The smallest absolute Gasteiger partial charge is 0.127 e. The summed E-state index contributed by atoms with van der Waals surface area (Å²) in [5.41, 5.74) is 1.19. The molecule has 1 N–H and O–H groups in total. The molecular formula is C17H24N4. The standard InChI is InChI=1S/C17H24N4/c1-18-12-15-6-5-10-20(13-15)14-17-19-9-11-21(17)16-7-3-2-4-8-16/h2-4,7-9,11,15,18H,5-6,10,12-14H2,1H3. The first kappa shape index (κ1) is 14.3. The van der Waals surface area contributed by atoms with Crippen molar-refractivity contribution in [3.63, 3.8) is 0 Å². The van der Waals surface area contributed by atoms with Gasteiger partial charge in [-0.25, -0.2) is 4.98 Å². The summed E-state index contributed by atoms with van der Waals surface area (Å²) in [6, 6.07) is 10.5. The van der Waals surface area contributed by atoms with Gasteiger partial charge in [-0.15, -0.1) is 0 Å². The molecule has 112 valence electrons. The van der Waals surface area contributed by atoms with Crippen molar-refractivity contribution in [2.45, 2.75) is 19.4 Å². The summed E-state index contributed by atoms with van der Waals surface area (Å²) in [7, 11) is 2.04. The molecule has 0 bridgehead atoms. The van der Waals surface area contributed by atoms with Crippen molar-refractivity contribution in [2.24, 2.45) is 5.92 Å². The van der Waals surface area contributed by atoms with Crippen LogP contribution in [-0.2, 0) is 6.54 Å². The van der Waals surface area contributed by atoms with E-state index in [0.29, 0.717) is 0 Å². The maximum absolute atomic E-state index is 4.56. The van der Waals surface area contributed by atoms with Crippen LogP contribution < -0.4 is 5.32 Å². The molecule has 3 rings (SSSR count). The fraction of sp³-hybridized carbons (Fsp3) is 0.471. The maximum Gasteiger partial charge on any atom is 0.127 e. The Bertz CT molecular complexity index is 547. The first-order valence-corrected chi connectivity index (χ1v) is 7.81. The lowest BCUT2D eigenvalue weighted by Gasteiger charge is -2.32. The molecule has 1 saturated heterocycles. The summed E-state index contributed by atoms with van der Waals surface area (Å²) in [5, 5.41) is 3.31. The minimum atomic E-state index is 0.767. The van der Waals surface area contributed by atoms with Gasteiger partial charge in [0.25, 0.3) is 0 Å². The van der Waals surface area contributed by atoms with Gasteiger partial charge in [0, 0.05) is 24.6 Å². The fourth-order valence-corrected chi connectivity index (χ4v) is 3.23. The van der Waals surface area contributed by atoms with Crippen LogP contribution in [-0.4, -0.2) is 41.1 Å². The number of likely N-dealkylation sites (tertiary alicyclic amines) is 1. The van der Waals surface area contributed by atoms with Gasteiger partial charge in [0.2, 0.25) is 0 Å². The summed E-state index contributed by atoms with van der Waals surface area (Å²) in [5.74, 6) is 1.90. The van der Waals surface area contributed by atoms with Crippen molar-refractivity contribution in [3.05, 3.63) is 48.5 Å². The van der Waals surface area contributed by atoms with Gasteiger partial charge in [-0.05, 0) is 51.0 Å². The first-order valence-electron chi connectivity index (χ1n) is 7.81. The summed E-state index contributed by atoms with van der Waals surface area (Å²) >= 11 is 0. The van der Waals surface area contributed by atoms with Gasteiger partial charge >= 0.3 is 0 Å². The molecule has 1 aromatic carbocycles. The molecule has 1 atom stereocenters. The molecule has 0 aliphatic carbocycles. The number of hydrogen-bond acceptors (Lipinski definition) is 3. The molecule has 4 nitrogen and oxygen atoms in total. The van der Waals surface area contributed by atoms with E-state index in [4.69, 9.17) is 0 Å². The van der Waals surface area contributed by atoms with Gasteiger partial charge < -0.3 is 9.88 Å². The Morgan fingerprint density at radius 2 is 2.14 bits per heavy atom. The molecule has 1 unspecified atom stereocenters. The van der Waals surface area contributed by atoms with Crippen molar-refractivity contribution in [3.8, 4) is 5.69 Å². The van der Waals surface area contributed by atoms with Crippen LogP contribution in [0.3, 0.4) is 0 Å². The third-order valence-electron chi connectivity index (χ3n) is 4.21. The number of nitrogens with one attached hydrogen (secondary N) is 1. The van der Waals surface area contributed by atoms with Crippen LogP contribution in [0.1, 0.15) is 18.7 Å². The second-order valence-corrected chi connectivity index (χ2v) is 5.85. The van der Waals surface area contributed by atoms with Crippen molar-refractivity contribution in [1.29, 1.82) is 0 Å². The minimum absolute atomic E-state index is 0.767. The molecule has 4 heteroatoms. The number of imidazole rings is 1. The largest absolute Gasteiger partial charge is 0.319 e. The lowest BCUT2D eigenvalue weighted by Crippen LogP contribution is -2.39. The summed E-state index contributed by atoms with van der Waals surface area (Å²) in [6.45, 7) is 4.40. The van der Waals surface area contributed by atoms with Crippen molar-refractivity contribution >= 4 is 0 Å². The highest BCUT2D eigenvalue weighted by molar-refractivity contribution is 5.32. The second kappa shape index (κ2) is 6.87. The van der Waals surface area contributed by atoms with E-state index in [-0.39, 0.29) is 0 Å². The van der Waals surface area contributed by atoms with Crippen molar-refractivity contribution in [2.75, 3.05) is 26.7 Å². The zero-order valence-electron chi connectivity index (χ0n) is 12.7. The molecule has 2 aromatic rings. The van der Waals surface area contributed by atoms with Gasteiger partial charge in [0.15, 0.2) is 0 Å². The van der Waals surface area contributed by atoms with E-state index in [1.807, 2.05) is 19.3 Å². The molecule has 1 aromatic heterocycles. The Morgan fingerprint density at radius 1 is 1.29 bits per heavy atom. The van der Waals surface area contributed by atoms with Crippen LogP contribution in [0.15, 0.2) is 42.7 Å². The van der Waals surface area contributed by atoms with E-state index in [9.17, 15) is 0 Å².